The van der Waals surface area contributed by atoms with E-state index in [-0.39, 0.29) is 11.6 Å². The highest BCUT2D eigenvalue weighted by molar-refractivity contribution is 5.91. The van der Waals surface area contributed by atoms with E-state index in [1.807, 2.05) is 18.2 Å². The van der Waals surface area contributed by atoms with Crippen LogP contribution in [0.5, 0.6) is 5.75 Å². The van der Waals surface area contributed by atoms with Gasteiger partial charge in [-0.05, 0) is 42.3 Å². The third kappa shape index (κ3) is 3.81. The second-order valence-electron chi connectivity index (χ2n) is 6.83. The molecule has 2 N–H and O–H groups in total. The van der Waals surface area contributed by atoms with Gasteiger partial charge in [-0.1, -0.05) is 30.3 Å². The van der Waals surface area contributed by atoms with Gasteiger partial charge in [0.1, 0.15) is 11.4 Å². The van der Waals surface area contributed by atoms with Crippen LogP contribution in [0.1, 0.15) is 39.5 Å². The number of fused-ring (bicyclic) bond motifs is 1. The molecule has 1 aliphatic rings. The molecule has 0 fully saturated rings. The summed E-state index contributed by atoms with van der Waals surface area (Å²) in [6.07, 6.45) is -3.68. The average molecular weight is 398 g/mol. The number of hydrogen-bond donors (Lipinski definition) is 1. The molecule has 4 nitrogen and oxygen atoms in total. The molecule has 1 unspecified atom stereocenters. The van der Waals surface area contributed by atoms with E-state index in [2.05, 4.69) is 4.98 Å². The van der Waals surface area contributed by atoms with Crippen LogP contribution in [0, 0.1) is 0 Å². The Balaban J connectivity index is 1.67. The Morgan fingerprint density at radius 1 is 1.07 bits per heavy atom. The monoisotopic (exact) mass is 398 g/mol. The fourth-order valence-corrected chi connectivity index (χ4v) is 3.53. The standard InChI is InChI=1S/C22H17F3N2O2/c23-22(24,25)15-7-4-13(5-8-15)16-10-11-29-20-12-14(6-9-17(16)20)18-2-1-3-19(27-18)21(26)28/h1-9,12,16H,10-11H2,(H2,26,28). The van der Waals surface area contributed by atoms with Crippen LogP contribution in [0.15, 0.2) is 60.7 Å². The lowest BCUT2D eigenvalue weighted by atomic mass is 9.85. The molecule has 0 saturated heterocycles. The van der Waals surface area contributed by atoms with E-state index in [9.17, 15) is 18.0 Å². The summed E-state index contributed by atoms with van der Waals surface area (Å²) in [4.78, 5) is 15.6. The van der Waals surface area contributed by atoms with Crippen molar-refractivity contribution in [2.45, 2.75) is 18.5 Å². The van der Waals surface area contributed by atoms with Crippen molar-refractivity contribution in [3.05, 3.63) is 83.0 Å². The number of carbonyl (C=O) groups is 1. The molecule has 7 heteroatoms. The highest BCUT2D eigenvalue weighted by Crippen LogP contribution is 2.40. The second kappa shape index (κ2) is 7.24. The molecule has 0 saturated carbocycles. The van der Waals surface area contributed by atoms with Crippen molar-refractivity contribution in [2.24, 2.45) is 5.73 Å². The molecule has 3 aromatic rings. The minimum Gasteiger partial charge on any atom is -0.493 e. The molecule has 0 aliphatic carbocycles. The summed E-state index contributed by atoms with van der Waals surface area (Å²) >= 11 is 0. The van der Waals surface area contributed by atoms with E-state index >= 15 is 0 Å². The van der Waals surface area contributed by atoms with Gasteiger partial charge in [-0.2, -0.15) is 13.2 Å². The first-order chi connectivity index (χ1) is 13.8. The number of alkyl halides is 3. The Bertz CT molecular complexity index is 1060. The van der Waals surface area contributed by atoms with Gasteiger partial charge in [0, 0.05) is 17.0 Å². The maximum atomic E-state index is 12.8. The predicted octanol–water partition coefficient (Wildman–Crippen LogP) is 4.78. The Morgan fingerprint density at radius 2 is 1.83 bits per heavy atom. The van der Waals surface area contributed by atoms with Crippen LogP contribution in [0.3, 0.4) is 0 Å². The zero-order valence-electron chi connectivity index (χ0n) is 15.2. The van der Waals surface area contributed by atoms with Crippen LogP contribution in [-0.4, -0.2) is 17.5 Å². The number of halogens is 3. The third-order valence-corrected chi connectivity index (χ3v) is 4.99. The summed E-state index contributed by atoms with van der Waals surface area (Å²) in [6.45, 7) is 0.455. The van der Waals surface area contributed by atoms with Crippen molar-refractivity contribution in [3.63, 3.8) is 0 Å². The Kier molecular flexibility index (Phi) is 4.74. The maximum absolute atomic E-state index is 12.8. The van der Waals surface area contributed by atoms with Gasteiger partial charge in [0.05, 0.1) is 17.9 Å². The van der Waals surface area contributed by atoms with E-state index in [1.54, 1.807) is 18.2 Å². The predicted molar refractivity (Wildman–Crippen MR) is 102 cm³/mol. The number of aromatic nitrogens is 1. The first kappa shape index (κ1) is 19.0. The SMILES string of the molecule is NC(=O)c1cccc(-c2ccc3c(c2)OCCC3c2ccc(C(F)(F)F)cc2)n1. The van der Waals surface area contributed by atoms with Gasteiger partial charge in [0.25, 0.3) is 5.91 Å². The minimum atomic E-state index is -4.35. The minimum absolute atomic E-state index is 0.0556. The van der Waals surface area contributed by atoms with E-state index < -0.39 is 17.6 Å². The fraction of sp³-hybridized carbons (Fsp3) is 0.182. The summed E-state index contributed by atoms with van der Waals surface area (Å²) in [6, 6.07) is 15.9. The Hall–Kier alpha value is -3.35. The van der Waals surface area contributed by atoms with E-state index in [0.29, 0.717) is 24.5 Å². The van der Waals surface area contributed by atoms with Crippen LogP contribution in [0.4, 0.5) is 13.2 Å². The van der Waals surface area contributed by atoms with Crippen LogP contribution in [0.2, 0.25) is 0 Å². The van der Waals surface area contributed by atoms with Crippen LogP contribution in [-0.2, 0) is 6.18 Å². The molecule has 0 bridgehead atoms. The number of rotatable bonds is 3. The number of hydrogen-bond acceptors (Lipinski definition) is 3. The van der Waals surface area contributed by atoms with Gasteiger partial charge in [0.2, 0.25) is 0 Å². The van der Waals surface area contributed by atoms with Crippen LogP contribution in [0.25, 0.3) is 11.3 Å². The highest BCUT2D eigenvalue weighted by atomic mass is 19.4. The summed E-state index contributed by atoms with van der Waals surface area (Å²) in [5.74, 6) is -0.00616. The molecule has 1 amide bonds. The number of nitrogens with two attached hydrogens (primary N) is 1. The van der Waals surface area contributed by atoms with Crippen molar-refractivity contribution < 1.29 is 22.7 Å². The zero-order valence-corrected chi connectivity index (χ0v) is 15.2. The number of nitrogens with zero attached hydrogens (tertiary/aromatic N) is 1. The molecule has 29 heavy (non-hydrogen) atoms. The van der Waals surface area contributed by atoms with Crippen LogP contribution < -0.4 is 10.5 Å². The number of ether oxygens (including phenoxy) is 1. The molecule has 148 valence electrons. The second-order valence-corrected chi connectivity index (χ2v) is 6.83. The number of amides is 1. The van der Waals surface area contributed by atoms with Crippen molar-refractivity contribution in [1.82, 2.24) is 4.98 Å². The van der Waals surface area contributed by atoms with Gasteiger partial charge in [0.15, 0.2) is 0 Å². The van der Waals surface area contributed by atoms with Crippen molar-refractivity contribution >= 4 is 5.91 Å². The normalized spacial score (nSPS) is 16.0. The Labute approximate surface area is 165 Å². The van der Waals surface area contributed by atoms with Crippen molar-refractivity contribution in [3.8, 4) is 17.0 Å². The molecule has 2 heterocycles. The van der Waals surface area contributed by atoms with E-state index in [4.69, 9.17) is 10.5 Å². The van der Waals surface area contributed by atoms with Gasteiger partial charge in [-0.25, -0.2) is 4.98 Å². The largest absolute Gasteiger partial charge is 0.493 e. The first-order valence-electron chi connectivity index (χ1n) is 9.04. The lowest BCUT2D eigenvalue weighted by molar-refractivity contribution is -0.137. The van der Waals surface area contributed by atoms with Gasteiger partial charge >= 0.3 is 6.18 Å². The lowest BCUT2D eigenvalue weighted by Gasteiger charge is -2.27. The molecule has 1 atom stereocenters. The zero-order chi connectivity index (χ0) is 20.6. The quantitative estimate of drug-likeness (QED) is 0.691. The van der Waals surface area contributed by atoms with E-state index in [1.165, 1.54) is 12.1 Å². The average Bonchev–Trinajstić information content (AvgIpc) is 2.72. The molecule has 4 rings (SSSR count). The van der Waals surface area contributed by atoms with Gasteiger partial charge in [-0.15, -0.1) is 0 Å². The fourth-order valence-electron chi connectivity index (χ4n) is 3.53. The summed E-state index contributed by atoms with van der Waals surface area (Å²) in [7, 11) is 0. The number of benzene rings is 2. The molecule has 0 spiro atoms. The molecular formula is C22H17F3N2O2. The maximum Gasteiger partial charge on any atom is 0.416 e. The summed E-state index contributed by atoms with van der Waals surface area (Å²) in [5.41, 5.74) is 7.87. The van der Waals surface area contributed by atoms with Crippen molar-refractivity contribution in [2.75, 3.05) is 6.61 Å². The van der Waals surface area contributed by atoms with Gasteiger partial charge in [-0.3, -0.25) is 4.79 Å². The van der Waals surface area contributed by atoms with Crippen LogP contribution >= 0.6 is 0 Å². The topological polar surface area (TPSA) is 65.2 Å². The summed E-state index contributed by atoms with van der Waals surface area (Å²) in [5, 5.41) is 0. The molecule has 1 aromatic heterocycles. The smallest absolute Gasteiger partial charge is 0.416 e. The number of pyridine rings is 1. The molecule has 1 aliphatic heterocycles. The highest BCUT2D eigenvalue weighted by Gasteiger charge is 2.31. The molecule has 0 radical (unpaired) electrons. The summed E-state index contributed by atoms with van der Waals surface area (Å²) < 4.78 is 44.3. The lowest BCUT2D eigenvalue weighted by Crippen LogP contribution is -2.16. The molecular weight excluding hydrogens is 381 g/mol. The number of carbonyl (C=O) groups excluding carboxylic acids is 1. The van der Waals surface area contributed by atoms with Gasteiger partial charge < -0.3 is 10.5 Å². The van der Waals surface area contributed by atoms with E-state index in [0.717, 1.165) is 28.8 Å². The first-order valence-corrected chi connectivity index (χ1v) is 9.04. The third-order valence-electron chi connectivity index (χ3n) is 4.99. The van der Waals surface area contributed by atoms with Crippen molar-refractivity contribution in [1.29, 1.82) is 0 Å². The molecule has 2 aromatic carbocycles. The number of primary amides is 1. The Morgan fingerprint density at radius 3 is 2.52 bits per heavy atom.